The zero-order valence-electron chi connectivity index (χ0n) is 10.3. The van der Waals surface area contributed by atoms with Crippen molar-refractivity contribution >= 4 is 17.5 Å². The van der Waals surface area contributed by atoms with E-state index in [2.05, 4.69) is 5.32 Å². The van der Waals surface area contributed by atoms with E-state index in [4.69, 9.17) is 25.8 Å². The monoisotopic (exact) mass is 273 g/mol. The third kappa shape index (κ3) is 5.35. The largest absolute Gasteiger partial charge is 0.484 e. The predicted molar refractivity (Wildman–Crippen MR) is 67.8 cm³/mol. The highest BCUT2D eigenvalue weighted by atomic mass is 35.5. The SMILES string of the molecule is COC(CNC(=O)COc1cccc(Cl)c1)OC. The maximum absolute atomic E-state index is 11.5. The van der Waals surface area contributed by atoms with Crippen LogP contribution >= 0.6 is 11.6 Å². The van der Waals surface area contributed by atoms with Crippen molar-refractivity contribution in [2.75, 3.05) is 27.4 Å². The van der Waals surface area contributed by atoms with Crippen LogP contribution in [-0.4, -0.2) is 39.6 Å². The molecule has 0 saturated heterocycles. The highest BCUT2D eigenvalue weighted by molar-refractivity contribution is 6.30. The van der Waals surface area contributed by atoms with Gasteiger partial charge in [-0.05, 0) is 18.2 Å². The second-order valence-corrected chi connectivity index (χ2v) is 3.89. The molecule has 5 nitrogen and oxygen atoms in total. The summed E-state index contributed by atoms with van der Waals surface area (Å²) in [4.78, 5) is 11.5. The Hall–Kier alpha value is -1.30. The Morgan fingerprint density at radius 3 is 2.72 bits per heavy atom. The zero-order chi connectivity index (χ0) is 13.4. The summed E-state index contributed by atoms with van der Waals surface area (Å²) in [7, 11) is 3.01. The van der Waals surface area contributed by atoms with Crippen LogP contribution in [0.15, 0.2) is 24.3 Å². The number of ether oxygens (including phenoxy) is 3. The molecule has 1 N–H and O–H groups in total. The molecule has 1 amide bonds. The Morgan fingerprint density at radius 1 is 1.39 bits per heavy atom. The summed E-state index contributed by atoms with van der Waals surface area (Å²) in [5, 5.41) is 3.18. The Kier molecular flexibility index (Phi) is 6.49. The minimum Gasteiger partial charge on any atom is -0.484 e. The molecule has 1 rings (SSSR count). The molecule has 1 aromatic carbocycles. The van der Waals surface area contributed by atoms with E-state index in [1.165, 1.54) is 14.2 Å². The van der Waals surface area contributed by atoms with Gasteiger partial charge in [0.15, 0.2) is 12.9 Å². The average molecular weight is 274 g/mol. The number of carbonyl (C=O) groups excluding carboxylic acids is 1. The van der Waals surface area contributed by atoms with Crippen LogP contribution < -0.4 is 10.1 Å². The van der Waals surface area contributed by atoms with Gasteiger partial charge in [-0.1, -0.05) is 17.7 Å². The molecule has 6 heteroatoms. The highest BCUT2D eigenvalue weighted by Crippen LogP contribution is 2.16. The zero-order valence-corrected chi connectivity index (χ0v) is 11.1. The standard InChI is InChI=1S/C12H16ClNO4/c1-16-12(17-2)7-14-11(15)8-18-10-5-3-4-9(13)6-10/h3-6,12H,7-8H2,1-2H3,(H,14,15). The van der Waals surface area contributed by atoms with Crippen LogP contribution in [0.3, 0.4) is 0 Å². The lowest BCUT2D eigenvalue weighted by atomic mass is 10.3. The molecule has 100 valence electrons. The summed E-state index contributed by atoms with van der Waals surface area (Å²) in [5.74, 6) is 0.293. The number of hydrogen-bond donors (Lipinski definition) is 1. The van der Waals surface area contributed by atoms with Crippen LogP contribution in [0.4, 0.5) is 0 Å². The second-order valence-electron chi connectivity index (χ2n) is 3.45. The maximum Gasteiger partial charge on any atom is 0.258 e. The summed E-state index contributed by atoms with van der Waals surface area (Å²) in [5.41, 5.74) is 0. The molecule has 0 fully saturated rings. The van der Waals surface area contributed by atoms with Crippen LogP contribution in [0, 0.1) is 0 Å². The van der Waals surface area contributed by atoms with Crippen molar-refractivity contribution in [1.29, 1.82) is 0 Å². The van der Waals surface area contributed by atoms with Gasteiger partial charge in [-0.2, -0.15) is 0 Å². The Bertz CT molecular complexity index is 382. The first-order valence-corrected chi connectivity index (χ1v) is 5.74. The summed E-state index contributed by atoms with van der Waals surface area (Å²) in [6, 6.07) is 6.85. The topological polar surface area (TPSA) is 56.8 Å². The first-order valence-electron chi connectivity index (χ1n) is 5.36. The second kappa shape index (κ2) is 7.92. The normalized spacial score (nSPS) is 10.4. The van der Waals surface area contributed by atoms with Crippen molar-refractivity contribution in [3.05, 3.63) is 29.3 Å². The predicted octanol–water partition coefficient (Wildman–Crippen LogP) is 1.45. The van der Waals surface area contributed by atoms with Gasteiger partial charge >= 0.3 is 0 Å². The van der Waals surface area contributed by atoms with Gasteiger partial charge in [0.25, 0.3) is 5.91 Å². The molecule has 0 heterocycles. The molecule has 0 bridgehead atoms. The fourth-order valence-corrected chi connectivity index (χ4v) is 1.40. The van der Waals surface area contributed by atoms with E-state index >= 15 is 0 Å². The van der Waals surface area contributed by atoms with Gasteiger partial charge in [0.1, 0.15) is 5.75 Å². The fourth-order valence-electron chi connectivity index (χ4n) is 1.22. The average Bonchev–Trinajstić information content (AvgIpc) is 2.37. The molecule has 1 aromatic rings. The number of carbonyl (C=O) groups is 1. The number of methoxy groups -OCH3 is 2. The number of hydrogen-bond acceptors (Lipinski definition) is 4. The number of rotatable bonds is 7. The highest BCUT2D eigenvalue weighted by Gasteiger charge is 2.08. The van der Waals surface area contributed by atoms with E-state index in [0.29, 0.717) is 10.8 Å². The van der Waals surface area contributed by atoms with E-state index in [1.54, 1.807) is 24.3 Å². The van der Waals surface area contributed by atoms with Gasteiger partial charge < -0.3 is 19.5 Å². The quantitative estimate of drug-likeness (QED) is 0.764. The van der Waals surface area contributed by atoms with Gasteiger partial charge in [-0.25, -0.2) is 0 Å². The van der Waals surface area contributed by atoms with E-state index in [0.717, 1.165) is 0 Å². The van der Waals surface area contributed by atoms with E-state index in [-0.39, 0.29) is 19.1 Å². The Labute approximate surface area is 111 Å². The molecule has 0 radical (unpaired) electrons. The van der Waals surface area contributed by atoms with Gasteiger partial charge in [0.05, 0.1) is 6.54 Å². The lowest BCUT2D eigenvalue weighted by Crippen LogP contribution is -2.36. The molecule has 0 aliphatic heterocycles. The fraction of sp³-hybridized carbons (Fsp3) is 0.417. The molecule has 0 aromatic heterocycles. The van der Waals surface area contributed by atoms with Crippen molar-refractivity contribution in [3.63, 3.8) is 0 Å². The van der Waals surface area contributed by atoms with Gasteiger partial charge in [0.2, 0.25) is 0 Å². The minimum absolute atomic E-state index is 0.0828. The van der Waals surface area contributed by atoms with Crippen LogP contribution in [0.2, 0.25) is 5.02 Å². The first-order chi connectivity index (χ1) is 8.65. The molecule has 0 aliphatic rings. The number of benzene rings is 1. The summed E-state index contributed by atoms with van der Waals surface area (Å²) in [6.45, 7) is 0.186. The van der Waals surface area contributed by atoms with Crippen LogP contribution in [0.1, 0.15) is 0 Å². The third-order valence-electron chi connectivity index (χ3n) is 2.16. The van der Waals surface area contributed by atoms with Crippen molar-refractivity contribution in [2.45, 2.75) is 6.29 Å². The molecule has 0 spiro atoms. The van der Waals surface area contributed by atoms with Gasteiger partial charge in [-0.15, -0.1) is 0 Å². The van der Waals surface area contributed by atoms with E-state index < -0.39 is 6.29 Å². The Morgan fingerprint density at radius 2 is 2.11 bits per heavy atom. The van der Waals surface area contributed by atoms with Crippen molar-refractivity contribution < 1.29 is 19.0 Å². The van der Waals surface area contributed by atoms with Gasteiger partial charge in [-0.3, -0.25) is 4.79 Å². The number of halogens is 1. The molecule has 18 heavy (non-hydrogen) atoms. The van der Waals surface area contributed by atoms with Crippen molar-refractivity contribution in [3.8, 4) is 5.75 Å². The molecular formula is C12H16ClNO4. The maximum atomic E-state index is 11.5. The third-order valence-corrected chi connectivity index (χ3v) is 2.39. The van der Waals surface area contributed by atoms with Crippen molar-refractivity contribution in [2.24, 2.45) is 0 Å². The minimum atomic E-state index is -0.458. The summed E-state index contributed by atoms with van der Waals surface area (Å²) < 4.78 is 15.1. The van der Waals surface area contributed by atoms with Crippen LogP contribution in [-0.2, 0) is 14.3 Å². The van der Waals surface area contributed by atoms with E-state index in [1.807, 2.05) is 0 Å². The smallest absolute Gasteiger partial charge is 0.258 e. The summed E-state index contributed by atoms with van der Waals surface area (Å²) >= 11 is 5.79. The van der Waals surface area contributed by atoms with E-state index in [9.17, 15) is 4.79 Å². The van der Waals surface area contributed by atoms with Crippen LogP contribution in [0.5, 0.6) is 5.75 Å². The lowest BCUT2D eigenvalue weighted by Gasteiger charge is -2.14. The molecule has 0 saturated carbocycles. The van der Waals surface area contributed by atoms with Crippen molar-refractivity contribution in [1.82, 2.24) is 5.32 Å². The molecule has 0 atom stereocenters. The number of nitrogens with one attached hydrogen (secondary N) is 1. The summed E-state index contributed by atoms with van der Waals surface area (Å²) in [6.07, 6.45) is -0.458. The van der Waals surface area contributed by atoms with Crippen LogP contribution in [0.25, 0.3) is 0 Å². The molecule has 0 unspecified atom stereocenters. The Balaban J connectivity index is 2.29. The molecule has 0 aliphatic carbocycles. The molecular weight excluding hydrogens is 258 g/mol. The number of amides is 1. The van der Waals surface area contributed by atoms with Gasteiger partial charge in [0, 0.05) is 19.2 Å². The first kappa shape index (κ1) is 14.8. The lowest BCUT2D eigenvalue weighted by molar-refractivity contribution is -0.129.